The van der Waals surface area contributed by atoms with Crippen molar-refractivity contribution in [3.63, 3.8) is 0 Å². The number of nitrogens with zero attached hydrogens (tertiary/aromatic N) is 2. The van der Waals surface area contributed by atoms with Crippen LogP contribution in [-0.4, -0.2) is 25.3 Å². The molecular weight excluding hydrogens is 344 g/mol. The number of nitrogens with two attached hydrogens (primary N) is 2. The predicted molar refractivity (Wildman–Crippen MR) is 91.5 cm³/mol. The number of rotatable bonds is 5. The van der Waals surface area contributed by atoms with Crippen LogP contribution in [0.2, 0.25) is 0 Å². The molecule has 6 nitrogen and oxygen atoms in total. The van der Waals surface area contributed by atoms with Gasteiger partial charge in [-0.15, -0.1) is 23.7 Å². The molecule has 0 aliphatic rings. The lowest BCUT2D eigenvalue weighted by molar-refractivity contribution is 0.255. The highest BCUT2D eigenvalue weighted by atomic mass is 35.5. The van der Waals surface area contributed by atoms with Gasteiger partial charge in [0.2, 0.25) is 10.0 Å². The molecule has 22 heavy (non-hydrogen) atoms. The molecule has 9 heteroatoms. The van der Waals surface area contributed by atoms with Crippen molar-refractivity contribution in [2.24, 2.45) is 5.14 Å². The summed E-state index contributed by atoms with van der Waals surface area (Å²) < 4.78 is 22.8. The van der Waals surface area contributed by atoms with Gasteiger partial charge in [0.1, 0.15) is 0 Å². The van der Waals surface area contributed by atoms with Gasteiger partial charge in [0.05, 0.1) is 4.90 Å². The SMILES string of the molecule is CC(c1cccc(S(N)(=O)=O)c1)N(C)Cc1cnc(N)s1.Cl. The lowest BCUT2D eigenvalue weighted by atomic mass is 10.1. The van der Waals surface area contributed by atoms with E-state index >= 15 is 0 Å². The van der Waals surface area contributed by atoms with Crippen molar-refractivity contribution in [3.05, 3.63) is 40.9 Å². The van der Waals surface area contributed by atoms with E-state index in [-0.39, 0.29) is 23.3 Å². The van der Waals surface area contributed by atoms with Crippen molar-refractivity contribution < 1.29 is 8.42 Å². The van der Waals surface area contributed by atoms with E-state index in [1.54, 1.807) is 18.3 Å². The Morgan fingerprint density at radius 3 is 2.64 bits per heavy atom. The number of primary sulfonamides is 1. The van der Waals surface area contributed by atoms with E-state index in [4.69, 9.17) is 10.9 Å². The molecule has 0 aliphatic carbocycles. The maximum absolute atomic E-state index is 11.4. The second-order valence-corrected chi connectivity index (χ2v) is 7.58. The predicted octanol–water partition coefficient (Wildman–Crippen LogP) is 1.99. The second kappa shape index (κ2) is 7.38. The molecule has 1 unspecified atom stereocenters. The Labute approximate surface area is 140 Å². The fraction of sp³-hybridized carbons (Fsp3) is 0.308. The quantitative estimate of drug-likeness (QED) is 0.846. The summed E-state index contributed by atoms with van der Waals surface area (Å²) in [5.74, 6) is 0. The minimum atomic E-state index is -3.68. The third-order valence-electron chi connectivity index (χ3n) is 3.31. The zero-order chi connectivity index (χ0) is 15.6. The molecule has 1 heterocycles. The van der Waals surface area contributed by atoms with Gasteiger partial charge in [0, 0.05) is 23.7 Å². The average molecular weight is 363 g/mol. The molecule has 0 aliphatic heterocycles. The molecule has 1 aromatic heterocycles. The molecule has 0 radical (unpaired) electrons. The van der Waals surface area contributed by atoms with Gasteiger partial charge in [0.15, 0.2) is 5.13 Å². The molecule has 0 spiro atoms. The molecule has 1 atom stereocenters. The molecule has 0 amide bonds. The monoisotopic (exact) mass is 362 g/mol. The fourth-order valence-corrected chi connectivity index (χ4v) is 3.30. The summed E-state index contributed by atoms with van der Waals surface area (Å²) in [5, 5.41) is 5.71. The Hall–Kier alpha value is -1.19. The van der Waals surface area contributed by atoms with Crippen LogP contribution in [0.4, 0.5) is 5.13 Å². The molecular formula is C13H19ClN4O2S2. The first-order valence-electron chi connectivity index (χ1n) is 6.30. The van der Waals surface area contributed by atoms with Crippen molar-refractivity contribution >= 4 is 38.9 Å². The van der Waals surface area contributed by atoms with Crippen LogP contribution in [0.5, 0.6) is 0 Å². The maximum atomic E-state index is 11.4. The van der Waals surface area contributed by atoms with E-state index in [0.29, 0.717) is 11.7 Å². The van der Waals surface area contributed by atoms with Gasteiger partial charge in [0.25, 0.3) is 0 Å². The van der Waals surface area contributed by atoms with Gasteiger partial charge in [-0.05, 0) is 31.7 Å². The number of thiazole rings is 1. The number of anilines is 1. The van der Waals surface area contributed by atoms with Gasteiger partial charge >= 0.3 is 0 Å². The van der Waals surface area contributed by atoms with E-state index in [0.717, 1.165) is 10.4 Å². The topological polar surface area (TPSA) is 102 Å². The Bertz CT molecular complexity index is 733. The molecule has 4 N–H and O–H groups in total. The fourth-order valence-electron chi connectivity index (χ4n) is 1.98. The highest BCUT2D eigenvalue weighted by Gasteiger charge is 2.16. The van der Waals surface area contributed by atoms with Crippen molar-refractivity contribution in [1.29, 1.82) is 0 Å². The molecule has 0 fully saturated rings. The van der Waals surface area contributed by atoms with Crippen LogP contribution in [0.15, 0.2) is 35.4 Å². The summed E-state index contributed by atoms with van der Waals surface area (Å²) in [6.07, 6.45) is 1.75. The van der Waals surface area contributed by atoms with Crippen LogP contribution in [0.3, 0.4) is 0 Å². The number of benzene rings is 1. The summed E-state index contributed by atoms with van der Waals surface area (Å²) in [6.45, 7) is 2.70. The molecule has 0 saturated heterocycles. The van der Waals surface area contributed by atoms with Gasteiger partial charge in [-0.2, -0.15) is 0 Å². The molecule has 122 valence electrons. The van der Waals surface area contributed by atoms with E-state index in [1.807, 2.05) is 20.0 Å². The summed E-state index contributed by atoms with van der Waals surface area (Å²) in [6, 6.07) is 6.73. The molecule has 1 aromatic carbocycles. The average Bonchev–Trinajstić information content (AvgIpc) is 2.82. The lowest BCUT2D eigenvalue weighted by Gasteiger charge is -2.24. The molecule has 2 aromatic rings. The number of halogens is 1. The van der Waals surface area contributed by atoms with Crippen molar-refractivity contribution in [2.45, 2.75) is 24.4 Å². The number of hydrogen-bond acceptors (Lipinski definition) is 6. The van der Waals surface area contributed by atoms with Crippen molar-refractivity contribution in [3.8, 4) is 0 Å². The van der Waals surface area contributed by atoms with Crippen molar-refractivity contribution in [1.82, 2.24) is 9.88 Å². The van der Waals surface area contributed by atoms with E-state index in [2.05, 4.69) is 9.88 Å². The number of nitrogen functional groups attached to an aromatic ring is 1. The Morgan fingerprint density at radius 2 is 2.09 bits per heavy atom. The maximum Gasteiger partial charge on any atom is 0.238 e. The van der Waals surface area contributed by atoms with Crippen LogP contribution in [0.25, 0.3) is 0 Å². The molecule has 0 bridgehead atoms. The van der Waals surface area contributed by atoms with E-state index < -0.39 is 10.0 Å². The van der Waals surface area contributed by atoms with E-state index in [9.17, 15) is 8.42 Å². The third kappa shape index (κ3) is 4.65. The largest absolute Gasteiger partial charge is 0.375 e. The highest BCUT2D eigenvalue weighted by Crippen LogP contribution is 2.24. The first kappa shape index (κ1) is 18.9. The first-order chi connectivity index (χ1) is 9.77. The third-order valence-corrected chi connectivity index (χ3v) is 5.03. The smallest absolute Gasteiger partial charge is 0.238 e. The van der Waals surface area contributed by atoms with Crippen molar-refractivity contribution in [2.75, 3.05) is 12.8 Å². The van der Waals surface area contributed by atoms with Crippen LogP contribution in [0, 0.1) is 0 Å². The van der Waals surface area contributed by atoms with Gasteiger partial charge in [-0.3, -0.25) is 4.90 Å². The molecule has 2 rings (SSSR count). The zero-order valence-electron chi connectivity index (χ0n) is 12.3. The van der Waals surface area contributed by atoms with Gasteiger partial charge in [-0.1, -0.05) is 12.1 Å². The summed E-state index contributed by atoms with van der Waals surface area (Å²) in [4.78, 5) is 7.30. The van der Waals surface area contributed by atoms with Gasteiger partial charge < -0.3 is 5.73 Å². The van der Waals surface area contributed by atoms with Crippen LogP contribution in [0.1, 0.15) is 23.4 Å². The number of aromatic nitrogens is 1. The van der Waals surface area contributed by atoms with Crippen LogP contribution in [-0.2, 0) is 16.6 Å². The lowest BCUT2D eigenvalue weighted by Crippen LogP contribution is -2.22. The van der Waals surface area contributed by atoms with Crippen LogP contribution >= 0.6 is 23.7 Å². The Morgan fingerprint density at radius 1 is 1.41 bits per heavy atom. The zero-order valence-corrected chi connectivity index (χ0v) is 14.7. The minimum absolute atomic E-state index is 0. The van der Waals surface area contributed by atoms with Crippen LogP contribution < -0.4 is 10.9 Å². The highest BCUT2D eigenvalue weighted by molar-refractivity contribution is 7.89. The summed E-state index contributed by atoms with van der Waals surface area (Å²) >= 11 is 1.45. The normalized spacial score (nSPS) is 12.9. The minimum Gasteiger partial charge on any atom is -0.375 e. The van der Waals surface area contributed by atoms with Gasteiger partial charge in [-0.25, -0.2) is 18.5 Å². The standard InChI is InChI=1S/C13H18N4O2S2.ClH/c1-9(17(2)8-11-7-16-13(14)20-11)10-4-3-5-12(6-10)21(15,18)19;/h3-7,9H,8H2,1-2H3,(H2,14,16)(H2,15,18,19);1H. The molecule has 0 saturated carbocycles. The second-order valence-electron chi connectivity index (χ2n) is 4.87. The number of hydrogen-bond donors (Lipinski definition) is 2. The number of sulfonamides is 1. The summed E-state index contributed by atoms with van der Waals surface area (Å²) in [5.41, 5.74) is 6.51. The Kier molecular flexibility index (Phi) is 6.33. The Balaban J connectivity index is 0.00000242. The first-order valence-corrected chi connectivity index (χ1v) is 8.67. The summed E-state index contributed by atoms with van der Waals surface area (Å²) in [7, 11) is -1.72. The van der Waals surface area contributed by atoms with E-state index in [1.165, 1.54) is 17.4 Å².